The third kappa shape index (κ3) is 2.25. The molecule has 0 saturated heterocycles. The summed E-state index contributed by atoms with van der Waals surface area (Å²) < 4.78 is 0. The van der Waals surface area contributed by atoms with E-state index in [1.54, 1.807) is 17.5 Å². The number of nitrogens with zero attached hydrogens (tertiary/aromatic N) is 3. The van der Waals surface area contributed by atoms with Gasteiger partial charge in [0.2, 0.25) is 0 Å². The molecule has 0 aliphatic heterocycles. The topological polar surface area (TPSA) is 64.7 Å². The van der Waals surface area contributed by atoms with Crippen LogP contribution in [0, 0.1) is 13.8 Å². The van der Waals surface area contributed by atoms with Crippen molar-refractivity contribution in [2.75, 3.05) is 6.54 Å². The standard InChI is InChI=1S/C11H14N4S/c1-7-10(3-5-12)16-11(14-7)9-4-6-13-8(2)15-9/h4,6H,3,5,12H2,1-2H3. The summed E-state index contributed by atoms with van der Waals surface area (Å²) in [6, 6.07) is 1.89. The van der Waals surface area contributed by atoms with Gasteiger partial charge >= 0.3 is 0 Å². The molecule has 4 nitrogen and oxygen atoms in total. The van der Waals surface area contributed by atoms with Crippen molar-refractivity contribution in [1.82, 2.24) is 15.0 Å². The van der Waals surface area contributed by atoms with Crippen molar-refractivity contribution in [3.63, 3.8) is 0 Å². The summed E-state index contributed by atoms with van der Waals surface area (Å²) in [5.74, 6) is 0.769. The van der Waals surface area contributed by atoms with Crippen LogP contribution in [0.5, 0.6) is 0 Å². The first kappa shape index (κ1) is 11.2. The van der Waals surface area contributed by atoms with Crippen LogP contribution in [0.15, 0.2) is 12.3 Å². The summed E-state index contributed by atoms with van der Waals surface area (Å²) in [6.07, 6.45) is 2.64. The first-order chi connectivity index (χ1) is 7.70. The molecule has 0 aromatic carbocycles. The summed E-state index contributed by atoms with van der Waals surface area (Å²) in [5.41, 5.74) is 7.50. The van der Waals surface area contributed by atoms with Crippen molar-refractivity contribution >= 4 is 11.3 Å². The van der Waals surface area contributed by atoms with Crippen molar-refractivity contribution in [2.24, 2.45) is 5.73 Å². The van der Waals surface area contributed by atoms with Crippen LogP contribution in [0.1, 0.15) is 16.4 Å². The summed E-state index contributed by atoms with van der Waals surface area (Å²) in [7, 11) is 0. The van der Waals surface area contributed by atoms with Crippen LogP contribution in [-0.4, -0.2) is 21.5 Å². The lowest BCUT2D eigenvalue weighted by atomic mass is 10.3. The Bertz CT molecular complexity index is 492. The summed E-state index contributed by atoms with van der Waals surface area (Å²) >= 11 is 1.66. The average molecular weight is 234 g/mol. The van der Waals surface area contributed by atoms with Gasteiger partial charge in [0, 0.05) is 11.1 Å². The van der Waals surface area contributed by atoms with E-state index in [-0.39, 0.29) is 0 Å². The van der Waals surface area contributed by atoms with Gasteiger partial charge in [-0.1, -0.05) is 0 Å². The highest BCUT2D eigenvalue weighted by Gasteiger charge is 2.09. The number of hydrogen-bond acceptors (Lipinski definition) is 5. The number of aromatic nitrogens is 3. The van der Waals surface area contributed by atoms with Gasteiger partial charge in [0.05, 0.1) is 5.69 Å². The van der Waals surface area contributed by atoms with Crippen molar-refractivity contribution in [1.29, 1.82) is 0 Å². The van der Waals surface area contributed by atoms with Gasteiger partial charge in [0.1, 0.15) is 16.5 Å². The molecule has 0 aliphatic carbocycles. The van der Waals surface area contributed by atoms with Gasteiger partial charge < -0.3 is 5.73 Å². The maximum atomic E-state index is 5.55. The fourth-order valence-corrected chi connectivity index (χ4v) is 2.52. The van der Waals surface area contributed by atoms with E-state index in [1.165, 1.54) is 4.88 Å². The van der Waals surface area contributed by atoms with E-state index in [2.05, 4.69) is 15.0 Å². The quantitative estimate of drug-likeness (QED) is 0.878. The minimum absolute atomic E-state index is 0.658. The second-order valence-electron chi connectivity index (χ2n) is 3.56. The van der Waals surface area contributed by atoms with Crippen molar-refractivity contribution < 1.29 is 0 Å². The Balaban J connectivity index is 2.37. The Morgan fingerprint density at radius 3 is 2.81 bits per heavy atom. The molecule has 2 N–H and O–H groups in total. The number of nitrogens with two attached hydrogens (primary N) is 1. The number of rotatable bonds is 3. The third-order valence-corrected chi connectivity index (χ3v) is 3.50. The van der Waals surface area contributed by atoms with E-state index in [4.69, 9.17) is 5.73 Å². The predicted molar refractivity (Wildman–Crippen MR) is 65.4 cm³/mol. The van der Waals surface area contributed by atoms with E-state index >= 15 is 0 Å². The molecule has 0 saturated carbocycles. The molecule has 0 spiro atoms. The average Bonchev–Trinajstić information content (AvgIpc) is 2.61. The summed E-state index contributed by atoms with van der Waals surface area (Å²) in [4.78, 5) is 14.2. The highest BCUT2D eigenvalue weighted by Crippen LogP contribution is 2.26. The van der Waals surface area contributed by atoms with Gasteiger partial charge in [0.15, 0.2) is 0 Å². The van der Waals surface area contributed by atoms with Gasteiger partial charge in [-0.3, -0.25) is 0 Å². The van der Waals surface area contributed by atoms with Crippen LogP contribution in [0.3, 0.4) is 0 Å². The maximum Gasteiger partial charge on any atom is 0.142 e. The maximum absolute atomic E-state index is 5.55. The van der Waals surface area contributed by atoms with E-state index in [9.17, 15) is 0 Å². The van der Waals surface area contributed by atoms with Gasteiger partial charge in [-0.15, -0.1) is 11.3 Å². The molecule has 2 aromatic rings. The summed E-state index contributed by atoms with van der Waals surface area (Å²) in [5, 5.41) is 0.950. The molecule has 0 fully saturated rings. The van der Waals surface area contributed by atoms with Crippen LogP contribution >= 0.6 is 11.3 Å². The molecular formula is C11H14N4S. The second kappa shape index (κ2) is 4.67. The monoisotopic (exact) mass is 234 g/mol. The Morgan fingerprint density at radius 2 is 2.12 bits per heavy atom. The van der Waals surface area contributed by atoms with Gasteiger partial charge in [-0.25, -0.2) is 15.0 Å². The molecule has 2 rings (SSSR count). The van der Waals surface area contributed by atoms with E-state index in [1.807, 2.05) is 19.9 Å². The van der Waals surface area contributed by atoms with E-state index < -0.39 is 0 Å². The van der Waals surface area contributed by atoms with Crippen LogP contribution < -0.4 is 5.73 Å². The molecule has 0 bridgehead atoms. The molecule has 16 heavy (non-hydrogen) atoms. The van der Waals surface area contributed by atoms with Crippen LogP contribution in [0.4, 0.5) is 0 Å². The van der Waals surface area contributed by atoms with Crippen molar-refractivity contribution in [2.45, 2.75) is 20.3 Å². The van der Waals surface area contributed by atoms with Gasteiger partial charge in [-0.2, -0.15) is 0 Å². The second-order valence-corrected chi connectivity index (χ2v) is 4.64. The Hall–Kier alpha value is -1.33. The van der Waals surface area contributed by atoms with Gasteiger partial charge in [0.25, 0.3) is 0 Å². The number of thiazole rings is 1. The zero-order valence-corrected chi connectivity index (χ0v) is 10.2. The van der Waals surface area contributed by atoms with Crippen molar-refractivity contribution in [3.8, 4) is 10.7 Å². The fourth-order valence-electron chi connectivity index (χ4n) is 1.48. The lowest BCUT2D eigenvalue weighted by Gasteiger charge is -1.95. The molecular weight excluding hydrogens is 220 g/mol. The molecule has 2 aromatic heterocycles. The first-order valence-corrected chi connectivity index (χ1v) is 5.98. The lowest BCUT2D eigenvalue weighted by Crippen LogP contribution is -2.01. The smallest absolute Gasteiger partial charge is 0.142 e. The van der Waals surface area contributed by atoms with Crippen LogP contribution in [0.2, 0.25) is 0 Å². The lowest BCUT2D eigenvalue weighted by molar-refractivity contribution is 0.970. The van der Waals surface area contributed by atoms with Crippen molar-refractivity contribution in [3.05, 3.63) is 28.7 Å². The van der Waals surface area contributed by atoms with Crippen LogP contribution in [0.25, 0.3) is 10.7 Å². The third-order valence-electron chi connectivity index (χ3n) is 2.26. The zero-order valence-electron chi connectivity index (χ0n) is 9.40. The molecule has 0 atom stereocenters. The Morgan fingerprint density at radius 1 is 1.31 bits per heavy atom. The Kier molecular flexibility index (Phi) is 3.26. The molecule has 0 radical (unpaired) electrons. The van der Waals surface area contributed by atoms with Gasteiger partial charge in [-0.05, 0) is 32.9 Å². The predicted octanol–water partition coefficient (Wildman–Crippen LogP) is 1.72. The molecule has 0 unspecified atom stereocenters. The molecule has 0 aliphatic rings. The van der Waals surface area contributed by atoms with E-state index in [0.29, 0.717) is 6.54 Å². The largest absolute Gasteiger partial charge is 0.330 e. The number of aryl methyl sites for hydroxylation is 2. The van der Waals surface area contributed by atoms with Crippen LogP contribution in [-0.2, 0) is 6.42 Å². The first-order valence-electron chi connectivity index (χ1n) is 5.17. The summed E-state index contributed by atoms with van der Waals surface area (Å²) in [6.45, 7) is 4.55. The molecule has 2 heterocycles. The minimum Gasteiger partial charge on any atom is -0.330 e. The fraction of sp³-hybridized carbons (Fsp3) is 0.364. The molecule has 5 heteroatoms. The molecule has 0 amide bonds. The highest BCUT2D eigenvalue weighted by molar-refractivity contribution is 7.15. The zero-order chi connectivity index (χ0) is 11.5. The van der Waals surface area contributed by atoms with E-state index in [0.717, 1.165) is 28.6 Å². The minimum atomic E-state index is 0.658. The molecule has 84 valence electrons. The Labute approximate surface area is 98.6 Å². The number of hydrogen-bond donors (Lipinski definition) is 1. The normalized spacial score (nSPS) is 10.7. The highest BCUT2D eigenvalue weighted by atomic mass is 32.1. The SMILES string of the molecule is Cc1nccc(-c2nc(C)c(CCN)s2)n1.